The van der Waals surface area contributed by atoms with Gasteiger partial charge in [-0.2, -0.15) is 36.6 Å². The van der Waals surface area contributed by atoms with Gasteiger partial charge in [-0.15, -0.1) is 12.4 Å². The van der Waals surface area contributed by atoms with E-state index in [0.717, 1.165) is 79.0 Å². The Morgan fingerprint density at radius 1 is 0.917 bits per heavy atom. The highest BCUT2D eigenvalue weighted by atomic mass is 35.5. The topological polar surface area (TPSA) is 108 Å². The average Bonchev–Trinajstić information content (AvgIpc) is 3.43. The number of hydrogen-bond donors (Lipinski definition) is 2. The van der Waals surface area contributed by atoms with Crippen LogP contribution in [0.1, 0.15) is 76.4 Å². The second kappa shape index (κ2) is 18.7. The van der Waals surface area contributed by atoms with Gasteiger partial charge >= 0.3 is 12.2 Å². The highest BCUT2D eigenvalue weighted by Gasteiger charge is 2.28. The fourth-order valence-corrected chi connectivity index (χ4v) is 6.71. The van der Waals surface area contributed by atoms with Crippen molar-refractivity contribution in [3.63, 3.8) is 0 Å². The molecule has 2 aliphatic rings. The van der Waals surface area contributed by atoms with E-state index in [0.29, 0.717) is 6.42 Å². The lowest BCUT2D eigenvalue weighted by atomic mass is 9.91. The van der Waals surface area contributed by atoms with Crippen LogP contribution in [0.4, 0.5) is 13.6 Å². The maximum Gasteiger partial charge on any atom is 0.407 e. The third kappa shape index (κ3) is 10.0. The van der Waals surface area contributed by atoms with Crippen LogP contribution in [-0.4, -0.2) is 39.1 Å². The first kappa shape index (κ1) is 43.0. The fraction of sp³-hybridized carbons (Fsp3) is 0.486. The predicted molar refractivity (Wildman–Crippen MR) is 198 cm³/mol. The van der Waals surface area contributed by atoms with Crippen LogP contribution in [0.15, 0.2) is 36.4 Å². The monoisotopic (exact) mass is 726 g/mol. The summed E-state index contributed by atoms with van der Waals surface area (Å²) in [5, 5.41) is 5.00. The van der Waals surface area contributed by atoms with Crippen molar-refractivity contribution < 1.29 is 27.9 Å². The van der Waals surface area contributed by atoms with E-state index in [1.54, 1.807) is 18.2 Å². The molecule has 8 nitrogen and oxygen atoms in total. The molecule has 0 aliphatic heterocycles. The number of carbonyl (C=O) groups excluding carboxylic acids is 3. The van der Waals surface area contributed by atoms with Crippen LogP contribution in [0.3, 0.4) is 0 Å². The van der Waals surface area contributed by atoms with Crippen molar-refractivity contribution in [3.8, 4) is 0 Å². The number of amides is 1. The number of halogens is 3. The summed E-state index contributed by atoms with van der Waals surface area (Å²) in [6.07, 6.45) is 6.29. The van der Waals surface area contributed by atoms with Crippen LogP contribution >= 0.6 is 39.4 Å². The van der Waals surface area contributed by atoms with Crippen LogP contribution in [0.5, 0.6) is 0 Å². The van der Waals surface area contributed by atoms with E-state index < -0.39 is 5.60 Å². The van der Waals surface area contributed by atoms with E-state index in [4.69, 9.17) is 20.1 Å². The second-order valence-electron chi connectivity index (χ2n) is 12.7. The molecule has 48 heavy (non-hydrogen) atoms. The molecule has 0 saturated heterocycles. The number of carbonyl (C=O) groups is 1. The smallest absolute Gasteiger partial charge is 0.407 e. The zero-order valence-electron chi connectivity index (χ0n) is 28.3. The summed E-state index contributed by atoms with van der Waals surface area (Å²) in [7, 11) is 0. The maximum absolute atomic E-state index is 13.8. The third-order valence-electron chi connectivity index (χ3n) is 8.38. The molecule has 6 rings (SSSR count). The molecule has 0 bridgehead atoms. The minimum atomic E-state index is -0.510. The lowest BCUT2D eigenvalue weighted by Crippen LogP contribution is -2.42. The van der Waals surface area contributed by atoms with E-state index in [9.17, 15) is 13.6 Å². The highest BCUT2D eigenvalue weighted by Crippen LogP contribution is 2.34. The number of nitrogens with zero attached hydrogens (tertiary/aromatic N) is 2. The molecule has 0 fully saturated rings. The Kier molecular flexibility index (Phi) is 16.7. The van der Waals surface area contributed by atoms with Crippen LogP contribution in [0, 0.1) is 11.6 Å². The summed E-state index contributed by atoms with van der Waals surface area (Å²) in [6.45, 7) is 11.7. The number of fused-ring (bicyclic) bond motifs is 6. The van der Waals surface area contributed by atoms with E-state index in [1.807, 2.05) is 32.9 Å². The molecular weight excluding hydrogens is 678 g/mol. The third-order valence-corrected chi connectivity index (χ3v) is 8.38. The molecule has 0 unspecified atom stereocenters. The lowest BCUT2D eigenvalue weighted by Gasteiger charge is -2.27. The number of ether oxygens (including phenoxy) is 1. The lowest BCUT2D eigenvalue weighted by molar-refractivity contribution is -0.191. The molecule has 1 amide bonds. The zero-order chi connectivity index (χ0) is 32.9. The predicted octanol–water partition coefficient (Wildman–Crippen LogP) is 7.25. The normalized spacial score (nSPS) is 16.2. The van der Waals surface area contributed by atoms with Gasteiger partial charge in [-0.3, -0.25) is 0 Å². The SMILES string of the molecule is CCCn1c2c(c3cc(F)ccc31)C[C@@H](NC(=O)OC(C)(C)C)CC2.CCn1c2c(c3cc(F)ccc31)C[C@@H](N)CC2.Cl.O=C=O.S.S. The molecular formula is C35H49ClF2N4O4S2. The average molecular weight is 727 g/mol. The first-order valence-electron chi connectivity index (χ1n) is 15.7. The van der Waals surface area contributed by atoms with Gasteiger partial charge in [0.2, 0.25) is 0 Å². The van der Waals surface area contributed by atoms with Crippen molar-refractivity contribution in [2.24, 2.45) is 5.73 Å². The first-order valence-corrected chi connectivity index (χ1v) is 15.7. The van der Waals surface area contributed by atoms with Crippen molar-refractivity contribution >= 4 is 73.4 Å². The molecule has 0 spiro atoms. The molecule has 0 saturated carbocycles. The largest absolute Gasteiger partial charge is 0.444 e. The Labute approximate surface area is 301 Å². The minimum absolute atomic E-state index is 0. The van der Waals surface area contributed by atoms with Gasteiger partial charge in [-0.1, -0.05) is 6.92 Å². The molecule has 266 valence electrons. The quantitative estimate of drug-likeness (QED) is 0.230. The minimum Gasteiger partial charge on any atom is -0.444 e. The van der Waals surface area contributed by atoms with E-state index >= 15 is 0 Å². The number of rotatable bonds is 4. The van der Waals surface area contributed by atoms with Crippen LogP contribution in [-0.2, 0) is 53.1 Å². The number of aromatic nitrogens is 2. The number of benzene rings is 2. The van der Waals surface area contributed by atoms with Crippen LogP contribution in [0.25, 0.3) is 21.8 Å². The summed E-state index contributed by atoms with van der Waals surface area (Å²) < 4.78 is 37.2. The molecule has 4 aromatic rings. The Hall–Kier alpha value is -3.02. The van der Waals surface area contributed by atoms with Crippen molar-refractivity contribution in [1.82, 2.24) is 14.5 Å². The van der Waals surface area contributed by atoms with E-state index in [1.165, 1.54) is 23.0 Å². The standard InChI is InChI=1S/C20H27FN2O2.C14H17FN2.CO2.ClH.2H2S/c1-5-10-23-17-8-6-13(21)11-15(17)16-12-14(7-9-18(16)23)22-19(24)25-20(2,3)4;1-2-17-13-5-3-9(15)7-11(13)12-8-10(16)4-6-14(12)17;2-1-3;;;/h6,8,11,14H,5,7,9-10,12H2,1-4H3,(H,22,24);3,5,7,10H,2,4,6,8,16H2,1H3;;1H;2*1H2/t14-;10-;;;;/m00..../s1. The maximum atomic E-state index is 13.8. The molecule has 0 radical (unpaired) electrons. The Balaban J connectivity index is 0.000000440. The number of alkyl carbamates (subject to hydrolysis) is 1. The fourth-order valence-electron chi connectivity index (χ4n) is 6.71. The number of nitrogens with one attached hydrogen (secondary N) is 1. The summed E-state index contributed by atoms with van der Waals surface area (Å²) in [5.41, 5.74) is 12.8. The molecule has 2 aliphatic carbocycles. The molecule has 2 atom stereocenters. The zero-order valence-corrected chi connectivity index (χ0v) is 31.1. The van der Waals surface area contributed by atoms with Crippen molar-refractivity contribution in [1.29, 1.82) is 0 Å². The van der Waals surface area contributed by atoms with E-state index in [-0.39, 0.29) is 75.4 Å². The molecule has 2 aromatic carbocycles. The highest BCUT2D eigenvalue weighted by molar-refractivity contribution is 7.59. The van der Waals surface area contributed by atoms with Gasteiger partial charge in [0, 0.05) is 58.4 Å². The number of aryl methyl sites for hydroxylation is 2. The molecule has 2 aromatic heterocycles. The van der Waals surface area contributed by atoms with E-state index in [2.05, 4.69) is 28.3 Å². The Morgan fingerprint density at radius 3 is 1.94 bits per heavy atom. The summed E-state index contributed by atoms with van der Waals surface area (Å²) in [5.74, 6) is -0.376. The molecule has 2 heterocycles. The van der Waals surface area contributed by atoms with Gasteiger partial charge in [0.05, 0.1) is 0 Å². The van der Waals surface area contributed by atoms with Crippen molar-refractivity contribution in [2.45, 2.75) is 110 Å². The Bertz CT molecular complexity index is 1710. The van der Waals surface area contributed by atoms with Gasteiger partial charge in [-0.25, -0.2) is 13.6 Å². The molecule has 3 N–H and O–H groups in total. The van der Waals surface area contributed by atoms with Crippen molar-refractivity contribution in [2.75, 3.05) is 0 Å². The van der Waals surface area contributed by atoms with Gasteiger partial charge in [-0.05, 0) is 120 Å². The number of nitrogens with two attached hydrogens (primary N) is 1. The second-order valence-corrected chi connectivity index (χ2v) is 12.7. The van der Waals surface area contributed by atoms with Gasteiger partial charge < -0.3 is 24.9 Å². The Morgan fingerprint density at radius 2 is 1.42 bits per heavy atom. The summed E-state index contributed by atoms with van der Waals surface area (Å²) >= 11 is 0. The van der Waals surface area contributed by atoms with Gasteiger partial charge in [0.25, 0.3) is 0 Å². The molecule has 13 heteroatoms. The first-order chi connectivity index (χ1) is 21.4. The summed E-state index contributed by atoms with van der Waals surface area (Å²) in [6, 6.07) is 10.3. The summed E-state index contributed by atoms with van der Waals surface area (Å²) in [4.78, 5) is 28.3. The number of hydrogen-bond acceptors (Lipinski definition) is 5. The van der Waals surface area contributed by atoms with Crippen LogP contribution < -0.4 is 11.1 Å². The van der Waals surface area contributed by atoms with Gasteiger partial charge in [0.1, 0.15) is 17.2 Å². The van der Waals surface area contributed by atoms with Crippen LogP contribution in [0.2, 0.25) is 0 Å². The van der Waals surface area contributed by atoms with Crippen molar-refractivity contribution in [3.05, 3.63) is 70.5 Å². The van der Waals surface area contributed by atoms with Gasteiger partial charge in [0.15, 0.2) is 0 Å².